The molecule has 92 valence electrons. The van der Waals surface area contributed by atoms with E-state index in [1.165, 1.54) is 0 Å². The summed E-state index contributed by atoms with van der Waals surface area (Å²) in [6.45, 7) is 2.03. The largest absolute Gasteiger partial charge is 0.481 e. The van der Waals surface area contributed by atoms with E-state index < -0.39 is 5.97 Å². The third-order valence-corrected chi connectivity index (χ3v) is 3.09. The summed E-state index contributed by atoms with van der Waals surface area (Å²) in [5.41, 5.74) is 4.05. The fraction of sp³-hybridized carbons (Fsp3) is 0.231. The number of nitrogens with one attached hydrogen (secondary N) is 1. The highest BCUT2D eigenvalue weighted by Crippen LogP contribution is 2.20. The molecule has 2 aromatic heterocycles. The minimum absolute atomic E-state index is 0.126. The van der Waals surface area contributed by atoms with Crippen LogP contribution < -0.4 is 0 Å². The molecule has 0 unspecified atom stereocenters. The van der Waals surface area contributed by atoms with Crippen molar-refractivity contribution in [3.05, 3.63) is 35.7 Å². The van der Waals surface area contributed by atoms with E-state index in [-0.39, 0.29) is 6.42 Å². The molecule has 1 aromatic carbocycles. The van der Waals surface area contributed by atoms with E-state index in [1.54, 1.807) is 0 Å². The number of aryl methyl sites for hydroxylation is 2. The summed E-state index contributed by atoms with van der Waals surface area (Å²) >= 11 is 0. The highest BCUT2D eigenvalue weighted by molar-refractivity contribution is 5.82. The van der Waals surface area contributed by atoms with E-state index in [0.29, 0.717) is 6.42 Å². The van der Waals surface area contributed by atoms with Crippen molar-refractivity contribution in [1.29, 1.82) is 0 Å². The quantitative estimate of drug-likeness (QED) is 0.740. The van der Waals surface area contributed by atoms with Crippen LogP contribution in [0.15, 0.2) is 24.4 Å². The number of hydrogen-bond donors (Lipinski definition) is 2. The molecule has 0 radical (unpaired) electrons. The summed E-state index contributed by atoms with van der Waals surface area (Å²) in [7, 11) is 0. The van der Waals surface area contributed by atoms with Crippen molar-refractivity contribution in [2.75, 3.05) is 0 Å². The second kappa shape index (κ2) is 3.87. The summed E-state index contributed by atoms with van der Waals surface area (Å²) in [6.07, 6.45) is 2.54. The standard InChI is InChI=1S/C13H13N3O2/c1-8-3-2-4-10-12(8)15-13-14-9(7-16(10)13)5-6-11(17)18/h2-4,7H,5-6H2,1H3,(H,14,15)(H,17,18). The molecule has 0 amide bonds. The van der Waals surface area contributed by atoms with Gasteiger partial charge in [-0.15, -0.1) is 0 Å². The molecule has 2 heterocycles. The molecule has 0 fully saturated rings. The molecular weight excluding hydrogens is 230 g/mol. The van der Waals surface area contributed by atoms with Crippen LogP contribution in [-0.2, 0) is 11.2 Å². The second-order valence-electron chi connectivity index (χ2n) is 4.42. The Morgan fingerprint density at radius 1 is 1.50 bits per heavy atom. The van der Waals surface area contributed by atoms with Crippen molar-refractivity contribution < 1.29 is 9.90 Å². The Balaban J connectivity index is 2.08. The van der Waals surface area contributed by atoms with Crippen molar-refractivity contribution in [3.63, 3.8) is 0 Å². The number of aromatic amines is 1. The SMILES string of the molecule is Cc1cccc2c1nc1[nH]c(CCC(=O)O)cn12. The molecule has 0 aliphatic heterocycles. The highest BCUT2D eigenvalue weighted by Gasteiger charge is 2.09. The van der Waals surface area contributed by atoms with Crippen LogP contribution in [0.3, 0.4) is 0 Å². The number of H-pyrrole nitrogens is 1. The zero-order chi connectivity index (χ0) is 12.7. The third-order valence-electron chi connectivity index (χ3n) is 3.09. The van der Waals surface area contributed by atoms with Gasteiger partial charge in [-0.1, -0.05) is 12.1 Å². The van der Waals surface area contributed by atoms with Gasteiger partial charge in [-0.05, 0) is 25.0 Å². The van der Waals surface area contributed by atoms with Gasteiger partial charge in [0, 0.05) is 11.9 Å². The van der Waals surface area contributed by atoms with E-state index in [9.17, 15) is 4.79 Å². The monoisotopic (exact) mass is 243 g/mol. The number of benzene rings is 1. The number of carboxylic acid groups (broad SMARTS) is 1. The molecule has 0 atom stereocenters. The van der Waals surface area contributed by atoms with Gasteiger partial charge in [0.2, 0.25) is 5.78 Å². The predicted molar refractivity (Wildman–Crippen MR) is 67.7 cm³/mol. The molecule has 0 saturated carbocycles. The maximum absolute atomic E-state index is 10.5. The Morgan fingerprint density at radius 2 is 2.33 bits per heavy atom. The molecule has 0 aliphatic rings. The number of carbonyl (C=O) groups is 1. The van der Waals surface area contributed by atoms with Crippen molar-refractivity contribution in [2.24, 2.45) is 0 Å². The number of nitrogens with zero attached hydrogens (tertiary/aromatic N) is 2. The second-order valence-corrected chi connectivity index (χ2v) is 4.42. The predicted octanol–water partition coefficient (Wildman–Crippen LogP) is 2.14. The van der Waals surface area contributed by atoms with Crippen LogP contribution in [-0.4, -0.2) is 25.4 Å². The minimum atomic E-state index is -0.789. The minimum Gasteiger partial charge on any atom is -0.481 e. The molecule has 0 spiro atoms. The third kappa shape index (κ3) is 1.64. The molecule has 3 rings (SSSR count). The zero-order valence-electron chi connectivity index (χ0n) is 9.97. The molecular formula is C13H13N3O2. The molecule has 0 bridgehead atoms. The highest BCUT2D eigenvalue weighted by atomic mass is 16.4. The first kappa shape index (κ1) is 10.8. The van der Waals surface area contributed by atoms with Gasteiger partial charge >= 0.3 is 5.97 Å². The average Bonchev–Trinajstić information content (AvgIpc) is 2.85. The zero-order valence-corrected chi connectivity index (χ0v) is 9.97. The van der Waals surface area contributed by atoms with Crippen LogP contribution in [0.2, 0.25) is 0 Å². The van der Waals surface area contributed by atoms with Crippen molar-refractivity contribution in [1.82, 2.24) is 14.4 Å². The topological polar surface area (TPSA) is 70.4 Å². The van der Waals surface area contributed by atoms with E-state index in [0.717, 1.165) is 28.1 Å². The lowest BCUT2D eigenvalue weighted by atomic mass is 10.2. The number of hydrogen-bond acceptors (Lipinski definition) is 2. The number of aliphatic carboxylic acids is 1. The molecule has 5 heteroatoms. The normalized spacial score (nSPS) is 11.4. The number of aromatic nitrogens is 3. The fourth-order valence-electron chi connectivity index (χ4n) is 2.18. The Labute approximate surface area is 103 Å². The van der Waals surface area contributed by atoms with Gasteiger partial charge in [0.05, 0.1) is 17.5 Å². The van der Waals surface area contributed by atoms with Crippen molar-refractivity contribution in [2.45, 2.75) is 19.8 Å². The number of imidazole rings is 2. The van der Waals surface area contributed by atoms with Crippen LogP contribution in [0.4, 0.5) is 0 Å². The molecule has 5 nitrogen and oxygen atoms in total. The van der Waals surface area contributed by atoms with E-state index >= 15 is 0 Å². The summed E-state index contributed by atoms with van der Waals surface area (Å²) < 4.78 is 1.97. The smallest absolute Gasteiger partial charge is 0.303 e. The Morgan fingerprint density at radius 3 is 3.11 bits per heavy atom. The van der Waals surface area contributed by atoms with Crippen LogP contribution >= 0.6 is 0 Å². The van der Waals surface area contributed by atoms with E-state index in [4.69, 9.17) is 5.11 Å². The maximum atomic E-state index is 10.5. The van der Waals surface area contributed by atoms with Gasteiger partial charge < -0.3 is 10.1 Å². The maximum Gasteiger partial charge on any atom is 0.303 e. The van der Waals surface area contributed by atoms with Gasteiger partial charge in [-0.25, -0.2) is 4.98 Å². The summed E-state index contributed by atoms with van der Waals surface area (Å²) in [5, 5.41) is 8.67. The fourth-order valence-corrected chi connectivity index (χ4v) is 2.18. The Hall–Kier alpha value is -2.30. The van der Waals surface area contributed by atoms with Crippen LogP contribution in [0.25, 0.3) is 16.8 Å². The lowest BCUT2D eigenvalue weighted by Crippen LogP contribution is -1.97. The van der Waals surface area contributed by atoms with Gasteiger partial charge in [-0.3, -0.25) is 9.20 Å². The summed E-state index contributed by atoms with van der Waals surface area (Å²) in [5.74, 6) is -0.0253. The Bertz CT molecular complexity index is 739. The molecule has 18 heavy (non-hydrogen) atoms. The van der Waals surface area contributed by atoms with Crippen LogP contribution in [0.1, 0.15) is 17.7 Å². The number of rotatable bonds is 3. The van der Waals surface area contributed by atoms with Gasteiger partial charge in [-0.2, -0.15) is 0 Å². The lowest BCUT2D eigenvalue weighted by molar-refractivity contribution is -0.136. The number of para-hydroxylation sites is 1. The first-order chi connectivity index (χ1) is 8.65. The average molecular weight is 243 g/mol. The first-order valence-electron chi connectivity index (χ1n) is 5.82. The van der Waals surface area contributed by atoms with Crippen molar-refractivity contribution in [3.8, 4) is 0 Å². The summed E-state index contributed by atoms with van der Waals surface area (Å²) in [6, 6.07) is 6.03. The molecule has 0 saturated heterocycles. The molecule has 2 N–H and O–H groups in total. The first-order valence-corrected chi connectivity index (χ1v) is 5.82. The van der Waals surface area contributed by atoms with Gasteiger partial charge in [0.25, 0.3) is 0 Å². The number of fused-ring (bicyclic) bond motifs is 3. The van der Waals surface area contributed by atoms with Crippen molar-refractivity contribution >= 4 is 22.8 Å². The van der Waals surface area contributed by atoms with Crippen LogP contribution in [0.5, 0.6) is 0 Å². The van der Waals surface area contributed by atoms with E-state index in [1.807, 2.05) is 35.7 Å². The lowest BCUT2D eigenvalue weighted by Gasteiger charge is -1.94. The Kier molecular flexibility index (Phi) is 2.33. The van der Waals surface area contributed by atoms with Crippen LogP contribution in [0, 0.1) is 6.92 Å². The molecule has 0 aliphatic carbocycles. The number of carboxylic acids is 1. The summed E-state index contributed by atoms with van der Waals surface area (Å²) in [4.78, 5) is 18.2. The molecule has 3 aromatic rings. The van der Waals surface area contributed by atoms with Gasteiger partial charge in [0.15, 0.2) is 0 Å². The van der Waals surface area contributed by atoms with Gasteiger partial charge in [0.1, 0.15) is 0 Å². The van der Waals surface area contributed by atoms with E-state index in [2.05, 4.69) is 9.97 Å².